The summed E-state index contributed by atoms with van der Waals surface area (Å²) in [6, 6.07) is 7.17. The van der Waals surface area contributed by atoms with Crippen molar-refractivity contribution >= 4 is 16.9 Å². The molecule has 0 saturated carbocycles. The lowest BCUT2D eigenvalue weighted by molar-refractivity contribution is 0.0681. The van der Waals surface area contributed by atoms with Crippen LogP contribution in [0.1, 0.15) is 16.8 Å². The van der Waals surface area contributed by atoms with Crippen molar-refractivity contribution in [1.82, 2.24) is 4.57 Å². The van der Waals surface area contributed by atoms with Gasteiger partial charge >= 0.3 is 5.97 Å². The molecule has 0 radical (unpaired) electrons. The number of aryl methyl sites for hydroxylation is 1. The molecule has 20 heavy (non-hydrogen) atoms. The molecule has 5 heteroatoms. The van der Waals surface area contributed by atoms with Crippen LogP contribution in [0.2, 0.25) is 0 Å². The van der Waals surface area contributed by atoms with Crippen molar-refractivity contribution in [1.29, 1.82) is 0 Å². The topological polar surface area (TPSA) is 60.7 Å². The molecule has 108 valence electrons. The monoisotopic (exact) mass is 277 g/mol. The summed E-state index contributed by atoms with van der Waals surface area (Å²) < 4.78 is 12.4. The van der Waals surface area contributed by atoms with Gasteiger partial charge in [0, 0.05) is 32.0 Å². The maximum Gasteiger partial charge on any atom is 0.335 e. The minimum absolute atomic E-state index is 0.314. The Labute approximate surface area is 117 Å². The highest BCUT2D eigenvalue weighted by Crippen LogP contribution is 2.18. The maximum atomic E-state index is 11.0. The molecule has 0 fully saturated rings. The van der Waals surface area contributed by atoms with Crippen molar-refractivity contribution in [2.24, 2.45) is 0 Å². The number of carboxylic acid groups (broad SMARTS) is 1. The van der Waals surface area contributed by atoms with Crippen LogP contribution < -0.4 is 0 Å². The van der Waals surface area contributed by atoms with E-state index in [1.54, 1.807) is 19.2 Å². The van der Waals surface area contributed by atoms with E-state index in [0.717, 1.165) is 23.9 Å². The second kappa shape index (κ2) is 7.07. The van der Waals surface area contributed by atoms with Crippen molar-refractivity contribution in [2.75, 3.05) is 26.9 Å². The number of aromatic nitrogens is 1. The van der Waals surface area contributed by atoms with Gasteiger partial charge in [-0.15, -0.1) is 0 Å². The summed E-state index contributed by atoms with van der Waals surface area (Å²) in [5, 5.41) is 10.1. The van der Waals surface area contributed by atoms with Gasteiger partial charge in [0.1, 0.15) is 0 Å². The van der Waals surface area contributed by atoms with Crippen molar-refractivity contribution in [2.45, 2.75) is 13.0 Å². The number of carbonyl (C=O) groups is 1. The summed E-state index contributed by atoms with van der Waals surface area (Å²) in [5.41, 5.74) is 1.26. The van der Waals surface area contributed by atoms with Crippen LogP contribution in [0.4, 0.5) is 0 Å². The van der Waals surface area contributed by atoms with E-state index in [-0.39, 0.29) is 0 Å². The third-order valence-corrected chi connectivity index (χ3v) is 3.14. The zero-order chi connectivity index (χ0) is 14.4. The van der Waals surface area contributed by atoms with Gasteiger partial charge in [-0.2, -0.15) is 0 Å². The molecule has 0 atom stereocenters. The van der Waals surface area contributed by atoms with Crippen LogP contribution in [0.3, 0.4) is 0 Å². The van der Waals surface area contributed by atoms with Gasteiger partial charge in [0.05, 0.1) is 18.8 Å². The summed E-state index contributed by atoms with van der Waals surface area (Å²) in [6.07, 6.45) is 2.86. The molecule has 0 unspecified atom stereocenters. The third kappa shape index (κ3) is 3.59. The Morgan fingerprint density at radius 2 is 2.10 bits per heavy atom. The fourth-order valence-corrected chi connectivity index (χ4v) is 2.09. The molecule has 2 aromatic rings. The van der Waals surface area contributed by atoms with Crippen molar-refractivity contribution in [3.05, 3.63) is 36.0 Å². The van der Waals surface area contributed by atoms with Gasteiger partial charge in [-0.1, -0.05) is 6.07 Å². The molecule has 0 aliphatic heterocycles. The molecule has 1 aromatic heterocycles. The molecular formula is C15H19NO4. The second-order valence-corrected chi connectivity index (χ2v) is 4.55. The Hall–Kier alpha value is -1.85. The second-order valence-electron chi connectivity index (χ2n) is 4.55. The van der Waals surface area contributed by atoms with Gasteiger partial charge in [0.2, 0.25) is 0 Å². The first-order chi connectivity index (χ1) is 9.72. The first kappa shape index (κ1) is 14.6. The quantitative estimate of drug-likeness (QED) is 0.753. The summed E-state index contributed by atoms with van der Waals surface area (Å²) in [6.45, 7) is 2.68. The fraction of sp³-hybridized carbons (Fsp3) is 0.400. The first-order valence-electron chi connectivity index (χ1n) is 6.61. The van der Waals surface area contributed by atoms with Crippen LogP contribution in [0, 0.1) is 0 Å². The highest BCUT2D eigenvalue weighted by atomic mass is 16.5. The summed E-state index contributed by atoms with van der Waals surface area (Å²) >= 11 is 0. The van der Waals surface area contributed by atoms with Crippen molar-refractivity contribution in [3.63, 3.8) is 0 Å². The van der Waals surface area contributed by atoms with Crippen LogP contribution in [0.15, 0.2) is 30.5 Å². The number of benzene rings is 1. The first-order valence-corrected chi connectivity index (χ1v) is 6.61. The van der Waals surface area contributed by atoms with Gasteiger partial charge in [0.15, 0.2) is 0 Å². The molecular weight excluding hydrogens is 258 g/mol. The standard InChI is InChI=1S/C15H19NO4/c1-19-9-10-20-8-2-6-16-7-5-12-3-4-13(15(17)18)11-14(12)16/h3-5,7,11H,2,6,8-10H2,1H3,(H,17,18). The van der Waals surface area contributed by atoms with E-state index < -0.39 is 5.97 Å². The fourth-order valence-electron chi connectivity index (χ4n) is 2.09. The molecule has 1 heterocycles. The number of methoxy groups -OCH3 is 1. The van der Waals surface area contributed by atoms with Crippen LogP contribution >= 0.6 is 0 Å². The van der Waals surface area contributed by atoms with E-state index >= 15 is 0 Å². The molecule has 1 aromatic carbocycles. The number of rotatable bonds is 8. The van der Waals surface area contributed by atoms with Crippen LogP contribution in [-0.2, 0) is 16.0 Å². The van der Waals surface area contributed by atoms with Crippen molar-refractivity contribution < 1.29 is 19.4 Å². The van der Waals surface area contributed by atoms with Crippen LogP contribution in [0.25, 0.3) is 10.9 Å². The highest BCUT2D eigenvalue weighted by molar-refractivity contribution is 5.93. The smallest absolute Gasteiger partial charge is 0.335 e. The third-order valence-electron chi connectivity index (χ3n) is 3.14. The molecule has 1 N–H and O–H groups in total. The van der Waals surface area contributed by atoms with E-state index in [9.17, 15) is 4.79 Å². The highest BCUT2D eigenvalue weighted by Gasteiger charge is 2.06. The molecule has 2 rings (SSSR count). The Bertz CT molecular complexity index is 576. The largest absolute Gasteiger partial charge is 0.478 e. The lowest BCUT2D eigenvalue weighted by Gasteiger charge is -2.07. The molecule has 0 aliphatic carbocycles. The summed E-state index contributed by atoms with van der Waals surface area (Å²) in [4.78, 5) is 11.0. The molecule has 0 bridgehead atoms. The van der Waals surface area contributed by atoms with Crippen molar-refractivity contribution in [3.8, 4) is 0 Å². The predicted octanol–water partition coefficient (Wildman–Crippen LogP) is 2.39. The van der Waals surface area contributed by atoms with Gasteiger partial charge in [-0.05, 0) is 30.0 Å². The number of carboxylic acids is 1. The van der Waals surface area contributed by atoms with E-state index in [2.05, 4.69) is 4.57 Å². The maximum absolute atomic E-state index is 11.0. The minimum atomic E-state index is -0.900. The molecule has 0 spiro atoms. The average Bonchev–Trinajstić information content (AvgIpc) is 2.85. The number of fused-ring (bicyclic) bond motifs is 1. The number of hydrogen-bond donors (Lipinski definition) is 1. The van der Waals surface area contributed by atoms with E-state index in [1.807, 2.05) is 18.3 Å². The van der Waals surface area contributed by atoms with E-state index in [4.69, 9.17) is 14.6 Å². The lowest BCUT2D eigenvalue weighted by atomic mass is 10.1. The number of ether oxygens (including phenoxy) is 2. The average molecular weight is 277 g/mol. The Morgan fingerprint density at radius 1 is 1.25 bits per heavy atom. The van der Waals surface area contributed by atoms with E-state index in [1.165, 1.54) is 0 Å². The zero-order valence-corrected chi connectivity index (χ0v) is 11.5. The summed E-state index contributed by atoms with van der Waals surface area (Å²) in [7, 11) is 1.65. The number of hydrogen-bond acceptors (Lipinski definition) is 3. The van der Waals surface area contributed by atoms with Gasteiger partial charge in [-0.3, -0.25) is 0 Å². The number of nitrogens with zero attached hydrogens (tertiary/aromatic N) is 1. The lowest BCUT2D eigenvalue weighted by Crippen LogP contribution is -2.06. The van der Waals surface area contributed by atoms with Gasteiger partial charge in [0.25, 0.3) is 0 Å². The Morgan fingerprint density at radius 3 is 2.85 bits per heavy atom. The molecule has 0 saturated heterocycles. The van der Waals surface area contributed by atoms with E-state index in [0.29, 0.717) is 25.4 Å². The van der Waals surface area contributed by atoms with Crippen LogP contribution in [-0.4, -0.2) is 42.6 Å². The van der Waals surface area contributed by atoms with Crippen LogP contribution in [0.5, 0.6) is 0 Å². The molecule has 0 aliphatic rings. The predicted molar refractivity (Wildman–Crippen MR) is 76.2 cm³/mol. The Balaban J connectivity index is 1.96. The minimum Gasteiger partial charge on any atom is -0.478 e. The van der Waals surface area contributed by atoms with Gasteiger partial charge in [-0.25, -0.2) is 4.79 Å². The summed E-state index contributed by atoms with van der Waals surface area (Å²) in [5.74, 6) is -0.900. The zero-order valence-electron chi connectivity index (χ0n) is 11.5. The molecule has 5 nitrogen and oxygen atoms in total. The molecule has 0 amide bonds. The normalized spacial score (nSPS) is 11.1. The number of aromatic carboxylic acids is 1. The Kier molecular flexibility index (Phi) is 5.15. The van der Waals surface area contributed by atoms with Gasteiger partial charge < -0.3 is 19.1 Å². The SMILES string of the molecule is COCCOCCCn1ccc2ccc(C(=O)O)cc21.